The molecular formula is C29H27ClN6O7. The molecule has 0 bridgehead atoms. The second-order valence-corrected chi connectivity index (χ2v) is 10.5. The van der Waals surface area contributed by atoms with Gasteiger partial charge in [-0.05, 0) is 54.6 Å². The number of hydrogen-bond acceptors (Lipinski definition) is 7. The third kappa shape index (κ3) is 6.36. The fraction of sp³-hybridized carbons (Fsp3) is 0.241. The lowest BCUT2D eigenvalue weighted by Gasteiger charge is -2.35. The first-order valence-electron chi connectivity index (χ1n) is 13.2. The molecule has 14 heteroatoms. The Morgan fingerprint density at radius 2 is 1.93 bits per heavy atom. The fourth-order valence-electron chi connectivity index (χ4n) is 5.07. The van der Waals surface area contributed by atoms with E-state index in [1.165, 1.54) is 42.4 Å². The van der Waals surface area contributed by atoms with E-state index < -0.39 is 48.0 Å². The molecule has 0 saturated carbocycles. The van der Waals surface area contributed by atoms with E-state index in [1.807, 2.05) is 0 Å². The Hall–Kier alpha value is -5.17. The van der Waals surface area contributed by atoms with Gasteiger partial charge in [0.25, 0.3) is 5.91 Å². The molecule has 0 unspecified atom stereocenters. The molecule has 2 atom stereocenters. The van der Waals surface area contributed by atoms with Crippen LogP contribution in [0.15, 0.2) is 66.9 Å². The monoisotopic (exact) mass is 606 g/mol. The predicted molar refractivity (Wildman–Crippen MR) is 156 cm³/mol. The van der Waals surface area contributed by atoms with Gasteiger partial charge in [-0.3, -0.25) is 24.6 Å². The summed E-state index contributed by atoms with van der Waals surface area (Å²) >= 11 is 6.23. The number of fused-ring (bicyclic) bond motifs is 2. The number of pyridine rings is 1. The van der Waals surface area contributed by atoms with Crippen molar-refractivity contribution in [1.82, 2.24) is 15.2 Å². The van der Waals surface area contributed by atoms with Gasteiger partial charge in [0.05, 0.1) is 18.7 Å². The van der Waals surface area contributed by atoms with Crippen molar-refractivity contribution in [1.29, 1.82) is 0 Å². The van der Waals surface area contributed by atoms with E-state index in [1.54, 1.807) is 36.4 Å². The highest BCUT2D eigenvalue weighted by molar-refractivity contribution is 6.30. The molecule has 13 nitrogen and oxygen atoms in total. The smallest absolute Gasteiger partial charge is 0.412 e. The molecule has 1 saturated heterocycles. The van der Waals surface area contributed by atoms with Gasteiger partial charge in [-0.25, -0.2) is 14.6 Å². The summed E-state index contributed by atoms with van der Waals surface area (Å²) in [5, 5.41) is 17.5. The van der Waals surface area contributed by atoms with Crippen LogP contribution in [0.4, 0.5) is 26.8 Å². The van der Waals surface area contributed by atoms with E-state index in [2.05, 4.69) is 20.9 Å². The minimum absolute atomic E-state index is 0.0168. The maximum atomic E-state index is 13.9. The summed E-state index contributed by atoms with van der Waals surface area (Å²) < 4.78 is 5.71. The van der Waals surface area contributed by atoms with Crippen LogP contribution in [-0.4, -0.2) is 71.1 Å². The average molecular weight is 607 g/mol. The highest BCUT2D eigenvalue weighted by Crippen LogP contribution is 2.43. The fourth-order valence-corrected chi connectivity index (χ4v) is 5.24. The van der Waals surface area contributed by atoms with Crippen LogP contribution in [0, 0.1) is 0 Å². The van der Waals surface area contributed by atoms with Gasteiger partial charge in [0.15, 0.2) is 5.60 Å². The highest BCUT2D eigenvalue weighted by atomic mass is 35.5. The van der Waals surface area contributed by atoms with E-state index in [0.29, 0.717) is 22.0 Å². The van der Waals surface area contributed by atoms with Crippen molar-refractivity contribution in [3.8, 4) is 0 Å². The zero-order chi connectivity index (χ0) is 30.7. The number of nitrogens with one attached hydrogen (secondary N) is 3. The van der Waals surface area contributed by atoms with E-state index in [4.69, 9.17) is 16.3 Å². The Kier molecular flexibility index (Phi) is 8.17. The molecule has 5 amide bonds. The maximum absolute atomic E-state index is 13.9. The van der Waals surface area contributed by atoms with Crippen LogP contribution >= 0.6 is 11.6 Å². The number of amides is 5. The van der Waals surface area contributed by atoms with E-state index in [9.17, 15) is 29.1 Å². The molecule has 3 heterocycles. The number of halogens is 1. The van der Waals surface area contributed by atoms with Crippen LogP contribution in [0.3, 0.4) is 0 Å². The maximum Gasteiger partial charge on any atom is 0.412 e. The van der Waals surface area contributed by atoms with Gasteiger partial charge >= 0.3 is 12.2 Å². The summed E-state index contributed by atoms with van der Waals surface area (Å²) in [6, 6.07) is 14.4. The third-order valence-corrected chi connectivity index (χ3v) is 7.50. The van der Waals surface area contributed by atoms with E-state index in [0.717, 1.165) is 4.90 Å². The summed E-state index contributed by atoms with van der Waals surface area (Å²) in [5.74, 6) is -1.48. The Bertz CT molecular complexity index is 1590. The number of nitrogens with zero attached hydrogens (tertiary/aromatic N) is 3. The van der Waals surface area contributed by atoms with Gasteiger partial charge in [-0.1, -0.05) is 17.7 Å². The summed E-state index contributed by atoms with van der Waals surface area (Å²) in [5.41, 5.74) is 0.473. The molecule has 3 aromatic rings. The molecule has 2 aliphatic rings. The Balaban J connectivity index is 1.37. The van der Waals surface area contributed by atoms with Crippen molar-refractivity contribution >= 4 is 58.7 Å². The van der Waals surface area contributed by atoms with Crippen LogP contribution in [0.25, 0.3) is 0 Å². The highest BCUT2D eigenvalue weighted by Gasteiger charge is 2.49. The number of aromatic nitrogens is 1. The molecule has 2 aromatic carbocycles. The molecule has 1 fully saturated rings. The molecule has 0 aliphatic carbocycles. The number of hydrogen-bond donors (Lipinski definition) is 4. The van der Waals surface area contributed by atoms with Gasteiger partial charge in [0, 0.05) is 48.0 Å². The van der Waals surface area contributed by atoms with Crippen molar-refractivity contribution in [3.05, 3.63) is 83.0 Å². The molecule has 2 aliphatic heterocycles. The Morgan fingerprint density at radius 3 is 2.63 bits per heavy atom. The van der Waals surface area contributed by atoms with E-state index in [-0.39, 0.29) is 30.9 Å². The molecule has 222 valence electrons. The Morgan fingerprint density at radius 1 is 1.16 bits per heavy atom. The molecular weight excluding hydrogens is 580 g/mol. The number of benzene rings is 2. The normalized spacial score (nSPS) is 17.7. The third-order valence-electron chi connectivity index (χ3n) is 7.27. The minimum atomic E-state index is -1.29. The largest absolute Gasteiger partial charge is 0.465 e. The van der Waals surface area contributed by atoms with Gasteiger partial charge in [-0.2, -0.15) is 0 Å². The second kappa shape index (κ2) is 12.0. The first-order valence-corrected chi connectivity index (χ1v) is 13.6. The van der Waals surface area contributed by atoms with Gasteiger partial charge in [-0.15, -0.1) is 0 Å². The van der Waals surface area contributed by atoms with Gasteiger partial charge < -0.3 is 25.4 Å². The lowest BCUT2D eigenvalue weighted by atomic mass is 9.90. The van der Waals surface area contributed by atoms with Crippen molar-refractivity contribution in [2.24, 2.45) is 0 Å². The average Bonchev–Trinajstić information content (AvgIpc) is 3.41. The summed E-state index contributed by atoms with van der Waals surface area (Å²) in [4.78, 5) is 70.1. The molecule has 1 spiro atoms. The minimum Gasteiger partial charge on any atom is -0.465 e. The second-order valence-electron chi connectivity index (χ2n) is 10.1. The van der Waals surface area contributed by atoms with Crippen LogP contribution in [0.2, 0.25) is 5.02 Å². The quantitative estimate of drug-likeness (QED) is 0.316. The summed E-state index contributed by atoms with van der Waals surface area (Å²) in [6.45, 7) is 0.166. The molecule has 0 radical (unpaired) electrons. The molecule has 1 aromatic heterocycles. The zero-order valence-electron chi connectivity index (χ0n) is 22.9. The van der Waals surface area contributed by atoms with Crippen molar-refractivity contribution in [2.45, 2.75) is 24.5 Å². The number of carboxylic acid groups (broad SMARTS) is 1. The Labute approximate surface area is 250 Å². The van der Waals surface area contributed by atoms with Gasteiger partial charge in [0.1, 0.15) is 11.9 Å². The number of rotatable bonds is 7. The number of carbonyl (C=O) groups excluding carboxylic acids is 4. The topological polar surface area (TPSA) is 170 Å². The number of anilines is 3. The number of ether oxygens (including phenoxy) is 1. The van der Waals surface area contributed by atoms with Crippen LogP contribution in [-0.2, 0) is 19.9 Å². The zero-order valence-corrected chi connectivity index (χ0v) is 23.6. The number of likely N-dealkylation sites (tertiary alicyclic amines) is 1. The van der Waals surface area contributed by atoms with Gasteiger partial charge in [0.2, 0.25) is 11.8 Å². The lowest BCUT2D eigenvalue weighted by Crippen LogP contribution is -2.51. The van der Waals surface area contributed by atoms with Crippen LogP contribution in [0.5, 0.6) is 0 Å². The van der Waals surface area contributed by atoms with Crippen molar-refractivity contribution in [2.75, 3.05) is 35.7 Å². The summed E-state index contributed by atoms with van der Waals surface area (Å²) in [6.07, 6.45) is -0.470. The molecule has 43 heavy (non-hydrogen) atoms. The SMILES string of the molecule is CN(C(=O)O)c1ccc(C(=O)N[C@@H](CC(=O)Nc2ccccn2)C(=O)N2CC[C@@]3(C2)OC(=O)Nc2ccc(Cl)cc23)cc1. The summed E-state index contributed by atoms with van der Waals surface area (Å²) in [7, 11) is 1.36. The van der Waals surface area contributed by atoms with Crippen molar-refractivity contribution < 1.29 is 33.8 Å². The van der Waals surface area contributed by atoms with E-state index >= 15 is 0 Å². The number of carbonyl (C=O) groups is 5. The predicted octanol–water partition coefficient (Wildman–Crippen LogP) is 3.67. The first-order chi connectivity index (χ1) is 20.5. The van der Waals surface area contributed by atoms with Crippen molar-refractivity contribution in [3.63, 3.8) is 0 Å². The molecule has 5 rings (SSSR count). The lowest BCUT2D eigenvalue weighted by molar-refractivity contribution is -0.135. The first kappa shape index (κ1) is 29.3. The van der Waals surface area contributed by atoms with Crippen LogP contribution < -0.4 is 20.9 Å². The standard InChI is InChI=1S/C29H27ClN6O7/c1-35(28(41)42)19-8-5-17(6-9-19)25(38)32-22(15-24(37)34-23-4-2-3-12-31-23)26(39)36-13-11-29(16-36)20-14-18(30)7-10-21(20)33-27(40)43-29/h2-10,12,14,22H,11,13,15-16H2,1H3,(H,32,38)(H,33,40)(H,41,42)(H,31,34,37)/t22-,29-/m0/s1. The van der Waals surface area contributed by atoms with Crippen LogP contribution in [0.1, 0.15) is 28.8 Å². The molecule has 4 N–H and O–H groups in total.